The minimum Gasteiger partial charge on any atom is -0.338 e. The molecule has 2 amide bonds. The Bertz CT molecular complexity index is 876. The Balaban J connectivity index is 1.53. The number of aryl methyl sites for hydroxylation is 1. The third-order valence-electron chi connectivity index (χ3n) is 5.35. The van der Waals surface area contributed by atoms with Crippen molar-refractivity contribution in [3.63, 3.8) is 0 Å². The van der Waals surface area contributed by atoms with Crippen LogP contribution in [0.15, 0.2) is 48.5 Å². The summed E-state index contributed by atoms with van der Waals surface area (Å²) in [7, 11) is 0. The van der Waals surface area contributed by atoms with Gasteiger partial charge in [0.25, 0.3) is 5.91 Å². The number of carbonyl (C=O) groups excluding carboxylic acids is 2. The highest BCUT2D eigenvalue weighted by atomic mass is 32.2. The number of carbonyl (C=O) groups is 2. The van der Waals surface area contributed by atoms with Crippen LogP contribution < -0.4 is 4.90 Å². The van der Waals surface area contributed by atoms with E-state index in [1.165, 1.54) is 12.1 Å². The average Bonchev–Trinajstić information content (AvgIpc) is 2.99. The van der Waals surface area contributed by atoms with Gasteiger partial charge in [0.05, 0.1) is 16.2 Å². The van der Waals surface area contributed by atoms with Crippen LogP contribution in [0.25, 0.3) is 0 Å². The molecule has 4 rings (SSSR count). The Labute approximate surface area is 162 Å². The summed E-state index contributed by atoms with van der Waals surface area (Å²) in [6.07, 6.45) is 1.36. The Morgan fingerprint density at radius 3 is 2.41 bits per heavy atom. The van der Waals surface area contributed by atoms with E-state index in [0.29, 0.717) is 31.7 Å². The summed E-state index contributed by atoms with van der Waals surface area (Å²) in [6, 6.07) is 14.1. The SMILES string of the molecule is Cc1ccc(N2C(=O)CSC23CCN(C(=O)c2ccccc2F)CC3)cc1. The lowest BCUT2D eigenvalue weighted by Crippen LogP contribution is -2.53. The molecule has 1 spiro atoms. The number of hydrogen-bond acceptors (Lipinski definition) is 3. The van der Waals surface area contributed by atoms with E-state index in [9.17, 15) is 14.0 Å². The van der Waals surface area contributed by atoms with Crippen LogP contribution in [0.1, 0.15) is 28.8 Å². The van der Waals surface area contributed by atoms with Crippen molar-refractivity contribution in [2.45, 2.75) is 24.6 Å². The molecule has 2 fully saturated rings. The minimum absolute atomic E-state index is 0.109. The van der Waals surface area contributed by atoms with Crippen LogP contribution in [0.5, 0.6) is 0 Å². The van der Waals surface area contributed by atoms with Gasteiger partial charge in [-0.1, -0.05) is 29.8 Å². The number of rotatable bonds is 2. The molecule has 27 heavy (non-hydrogen) atoms. The van der Waals surface area contributed by atoms with Gasteiger partial charge in [-0.25, -0.2) is 4.39 Å². The highest BCUT2D eigenvalue weighted by Gasteiger charge is 2.49. The Morgan fingerprint density at radius 2 is 1.74 bits per heavy atom. The standard InChI is InChI=1S/C21H21FN2O2S/c1-15-6-8-16(9-7-15)24-19(25)14-27-21(24)10-12-23(13-11-21)20(26)17-4-2-3-5-18(17)22/h2-9H,10-14H2,1H3. The third-order valence-corrected chi connectivity index (χ3v) is 6.87. The van der Waals surface area contributed by atoms with Crippen molar-refractivity contribution in [1.82, 2.24) is 4.90 Å². The zero-order valence-electron chi connectivity index (χ0n) is 15.2. The molecule has 0 saturated carbocycles. The van der Waals surface area contributed by atoms with Gasteiger partial charge in [0.1, 0.15) is 5.82 Å². The molecule has 2 heterocycles. The molecule has 0 radical (unpaired) electrons. The van der Waals surface area contributed by atoms with Crippen molar-refractivity contribution in [2.24, 2.45) is 0 Å². The fourth-order valence-corrected chi connectivity index (χ4v) is 5.19. The fourth-order valence-electron chi connectivity index (χ4n) is 3.86. The minimum atomic E-state index is -0.491. The number of thioether (sulfide) groups is 1. The lowest BCUT2D eigenvalue weighted by molar-refractivity contribution is -0.116. The first kappa shape index (κ1) is 18.0. The van der Waals surface area contributed by atoms with Crippen molar-refractivity contribution >= 4 is 29.3 Å². The van der Waals surface area contributed by atoms with E-state index in [2.05, 4.69) is 0 Å². The summed E-state index contributed by atoms with van der Waals surface area (Å²) < 4.78 is 14.0. The van der Waals surface area contributed by atoms with Gasteiger partial charge in [0, 0.05) is 18.8 Å². The number of hydrogen-bond donors (Lipinski definition) is 0. The maximum atomic E-state index is 14.0. The van der Waals surface area contributed by atoms with Crippen molar-refractivity contribution in [2.75, 3.05) is 23.7 Å². The number of amides is 2. The molecule has 2 aliphatic heterocycles. The molecule has 0 aromatic heterocycles. The summed E-state index contributed by atoms with van der Waals surface area (Å²) in [4.78, 5) is 28.5. The van der Waals surface area contributed by atoms with Gasteiger partial charge in [-0.05, 0) is 44.0 Å². The van der Waals surface area contributed by atoms with E-state index in [4.69, 9.17) is 0 Å². The van der Waals surface area contributed by atoms with Gasteiger partial charge in [-0.15, -0.1) is 11.8 Å². The summed E-state index contributed by atoms with van der Waals surface area (Å²) in [5, 5.41) is 0. The van der Waals surface area contributed by atoms with Gasteiger partial charge in [-0.2, -0.15) is 0 Å². The molecule has 2 saturated heterocycles. The molecular formula is C21H21FN2O2S. The van der Waals surface area contributed by atoms with Gasteiger partial charge in [0.15, 0.2) is 0 Å². The lowest BCUT2D eigenvalue weighted by atomic mass is 10.00. The monoisotopic (exact) mass is 384 g/mol. The van der Waals surface area contributed by atoms with Crippen LogP contribution in [-0.2, 0) is 4.79 Å². The number of benzene rings is 2. The van der Waals surface area contributed by atoms with E-state index < -0.39 is 5.82 Å². The van der Waals surface area contributed by atoms with E-state index in [1.807, 2.05) is 36.1 Å². The van der Waals surface area contributed by atoms with Crippen LogP contribution >= 0.6 is 11.8 Å². The molecular weight excluding hydrogens is 363 g/mol. The predicted molar refractivity (Wildman–Crippen MR) is 105 cm³/mol. The Hall–Kier alpha value is -2.34. The van der Waals surface area contributed by atoms with Crippen LogP contribution in [0.3, 0.4) is 0 Å². The molecule has 0 bridgehead atoms. The van der Waals surface area contributed by atoms with Crippen molar-refractivity contribution in [1.29, 1.82) is 0 Å². The topological polar surface area (TPSA) is 40.6 Å². The summed E-state index contributed by atoms with van der Waals surface area (Å²) >= 11 is 1.66. The van der Waals surface area contributed by atoms with Gasteiger partial charge in [-0.3, -0.25) is 14.5 Å². The molecule has 2 aromatic rings. The first-order valence-electron chi connectivity index (χ1n) is 9.08. The van der Waals surface area contributed by atoms with Crippen LogP contribution in [0.2, 0.25) is 0 Å². The maximum absolute atomic E-state index is 14.0. The first-order chi connectivity index (χ1) is 13.0. The van der Waals surface area contributed by atoms with Crippen LogP contribution in [0.4, 0.5) is 10.1 Å². The van der Waals surface area contributed by atoms with E-state index in [-0.39, 0.29) is 22.2 Å². The second-order valence-electron chi connectivity index (χ2n) is 7.07. The number of halogens is 1. The molecule has 2 aromatic carbocycles. The maximum Gasteiger partial charge on any atom is 0.256 e. The highest BCUT2D eigenvalue weighted by Crippen LogP contribution is 2.46. The van der Waals surface area contributed by atoms with Gasteiger partial charge >= 0.3 is 0 Å². The largest absolute Gasteiger partial charge is 0.338 e. The zero-order valence-corrected chi connectivity index (χ0v) is 16.0. The molecule has 4 nitrogen and oxygen atoms in total. The fraction of sp³-hybridized carbons (Fsp3) is 0.333. The van der Waals surface area contributed by atoms with Crippen molar-refractivity contribution in [3.05, 3.63) is 65.5 Å². The highest BCUT2D eigenvalue weighted by molar-refractivity contribution is 8.02. The lowest BCUT2D eigenvalue weighted by Gasteiger charge is -2.44. The molecule has 140 valence electrons. The average molecular weight is 384 g/mol. The second kappa shape index (κ2) is 7.00. The van der Waals surface area contributed by atoms with Crippen LogP contribution in [0, 0.1) is 12.7 Å². The van der Waals surface area contributed by atoms with E-state index in [0.717, 1.165) is 11.3 Å². The van der Waals surface area contributed by atoms with Gasteiger partial charge in [0.2, 0.25) is 5.91 Å². The molecule has 0 aliphatic carbocycles. The van der Waals surface area contributed by atoms with E-state index >= 15 is 0 Å². The quantitative estimate of drug-likeness (QED) is 0.790. The van der Waals surface area contributed by atoms with E-state index in [1.54, 1.807) is 28.8 Å². The van der Waals surface area contributed by atoms with Crippen LogP contribution in [-0.4, -0.2) is 40.4 Å². The summed E-state index contributed by atoms with van der Waals surface area (Å²) in [6.45, 7) is 3.04. The Kier molecular flexibility index (Phi) is 4.68. The molecule has 0 N–H and O–H groups in total. The predicted octanol–water partition coefficient (Wildman–Crippen LogP) is 3.85. The summed E-state index contributed by atoms with van der Waals surface area (Å²) in [5.41, 5.74) is 2.17. The Morgan fingerprint density at radius 1 is 1.07 bits per heavy atom. The normalized spacial score (nSPS) is 19.0. The van der Waals surface area contributed by atoms with Crippen molar-refractivity contribution in [3.8, 4) is 0 Å². The molecule has 0 atom stereocenters. The van der Waals surface area contributed by atoms with Gasteiger partial charge < -0.3 is 4.90 Å². The molecule has 0 unspecified atom stereocenters. The number of piperidine rings is 1. The number of likely N-dealkylation sites (tertiary alicyclic amines) is 1. The number of anilines is 1. The zero-order chi connectivity index (χ0) is 19.0. The molecule has 2 aliphatic rings. The molecule has 6 heteroatoms. The summed E-state index contributed by atoms with van der Waals surface area (Å²) in [5.74, 6) is -0.207. The second-order valence-corrected chi connectivity index (χ2v) is 8.41. The third kappa shape index (κ3) is 3.23. The van der Waals surface area contributed by atoms with Crippen molar-refractivity contribution < 1.29 is 14.0 Å². The smallest absolute Gasteiger partial charge is 0.256 e. The number of nitrogens with zero attached hydrogens (tertiary/aromatic N) is 2. The first-order valence-corrected chi connectivity index (χ1v) is 10.1.